The number of hydrogen-bond donors (Lipinski definition) is 2. The van der Waals surface area contributed by atoms with Crippen LogP contribution < -0.4 is 10.6 Å². The molecule has 0 fully saturated rings. The molecular weight excluding hydrogens is 224 g/mol. The van der Waals surface area contributed by atoms with Gasteiger partial charge in [-0.05, 0) is 17.7 Å². The molecule has 2 aromatic carbocycles. The Labute approximate surface area is 106 Å². The number of para-hydroxylation sites is 2. The van der Waals surface area contributed by atoms with E-state index in [0.717, 1.165) is 16.9 Å². The molecule has 0 aliphatic carbocycles. The molecule has 1 aliphatic heterocycles. The van der Waals surface area contributed by atoms with Crippen LogP contribution in [0.15, 0.2) is 54.6 Å². The van der Waals surface area contributed by atoms with E-state index in [4.69, 9.17) is 0 Å². The van der Waals surface area contributed by atoms with E-state index in [2.05, 4.69) is 10.6 Å². The van der Waals surface area contributed by atoms with Gasteiger partial charge in [0.25, 0.3) is 0 Å². The first-order valence-corrected chi connectivity index (χ1v) is 6.03. The lowest BCUT2D eigenvalue weighted by Crippen LogP contribution is -2.40. The summed E-state index contributed by atoms with van der Waals surface area (Å²) < 4.78 is 0. The third-order valence-corrected chi connectivity index (χ3v) is 3.11. The van der Waals surface area contributed by atoms with Gasteiger partial charge in [-0.15, -0.1) is 0 Å². The van der Waals surface area contributed by atoms with Gasteiger partial charge in [-0.25, -0.2) is 0 Å². The molecule has 0 saturated carbocycles. The molecule has 2 N–H and O–H groups in total. The maximum absolute atomic E-state index is 12.0. The van der Waals surface area contributed by atoms with Gasteiger partial charge in [0.1, 0.15) is 6.04 Å². The highest BCUT2D eigenvalue weighted by Crippen LogP contribution is 2.26. The maximum atomic E-state index is 12.0. The molecule has 3 rings (SSSR count). The first-order valence-electron chi connectivity index (χ1n) is 6.03. The third kappa shape index (κ3) is 2.07. The van der Waals surface area contributed by atoms with E-state index in [1.54, 1.807) is 0 Å². The normalized spacial score (nSPS) is 17.6. The zero-order valence-corrected chi connectivity index (χ0v) is 9.89. The van der Waals surface area contributed by atoms with Gasteiger partial charge < -0.3 is 10.6 Å². The van der Waals surface area contributed by atoms with E-state index in [-0.39, 0.29) is 11.9 Å². The summed E-state index contributed by atoms with van der Waals surface area (Å²) in [4.78, 5) is 12.0. The SMILES string of the molecule is O=C1Nc2ccccc2N[C@@H]1Cc1ccccc1. The van der Waals surface area contributed by atoms with Crippen molar-refractivity contribution < 1.29 is 4.79 Å². The minimum Gasteiger partial charge on any atom is -0.372 e. The Hall–Kier alpha value is -2.29. The fraction of sp³-hybridized carbons (Fsp3) is 0.133. The number of anilines is 2. The molecule has 0 radical (unpaired) electrons. The number of carbonyl (C=O) groups excluding carboxylic acids is 1. The molecule has 1 atom stereocenters. The van der Waals surface area contributed by atoms with E-state index >= 15 is 0 Å². The number of benzene rings is 2. The highest BCUT2D eigenvalue weighted by Gasteiger charge is 2.24. The van der Waals surface area contributed by atoms with Crippen molar-refractivity contribution in [1.29, 1.82) is 0 Å². The van der Waals surface area contributed by atoms with Crippen LogP contribution in [-0.4, -0.2) is 11.9 Å². The van der Waals surface area contributed by atoms with Crippen LogP contribution in [0.5, 0.6) is 0 Å². The highest BCUT2D eigenvalue weighted by atomic mass is 16.2. The van der Waals surface area contributed by atoms with Crippen molar-refractivity contribution in [2.24, 2.45) is 0 Å². The summed E-state index contributed by atoms with van der Waals surface area (Å²) in [5, 5.41) is 6.21. The Balaban J connectivity index is 1.81. The topological polar surface area (TPSA) is 41.1 Å². The predicted octanol–water partition coefficient (Wildman–Crippen LogP) is 2.66. The van der Waals surface area contributed by atoms with Gasteiger partial charge in [-0.1, -0.05) is 42.5 Å². The third-order valence-electron chi connectivity index (χ3n) is 3.11. The molecule has 0 saturated heterocycles. The largest absolute Gasteiger partial charge is 0.372 e. The zero-order valence-electron chi connectivity index (χ0n) is 9.89. The summed E-state index contributed by atoms with van der Waals surface area (Å²) in [6.45, 7) is 0. The first-order chi connectivity index (χ1) is 8.83. The second kappa shape index (κ2) is 4.53. The van der Waals surface area contributed by atoms with Crippen LogP contribution in [0.1, 0.15) is 5.56 Å². The van der Waals surface area contributed by atoms with Crippen LogP contribution in [0.4, 0.5) is 11.4 Å². The van der Waals surface area contributed by atoms with Gasteiger partial charge in [0.15, 0.2) is 0 Å². The standard InChI is InChI=1S/C15H14N2O/c18-15-14(10-11-6-2-1-3-7-11)16-12-8-4-5-9-13(12)17-15/h1-9,14,16H,10H2,(H,17,18)/t14-/m1/s1. The Morgan fingerprint density at radius 2 is 1.56 bits per heavy atom. The Kier molecular flexibility index (Phi) is 2.73. The molecule has 1 aliphatic rings. The average molecular weight is 238 g/mol. The van der Waals surface area contributed by atoms with Gasteiger partial charge in [0, 0.05) is 6.42 Å². The van der Waals surface area contributed by atoms with E-state index < -0.39 is 0 Å². The molecular formula is C15H14N2O. The zero-order chi connectivity index (χ0) is 12.4. The van der Waals surface area contributed by atoms with Crippen molar-refractivity contribution in [3.8, 4) is 0 Å². The highest BCUT2D eigenvalue weighted by molar-refractivity contribution is 6.03. The van der Waals surface area contributed by atoms with Gasteiger partial charge >= 0.3 is 0 Å². The van der Waals surface area contributed by atoms with Gasteiger partial charge in [-0.3, -0.25) is 4.79 Å². The summed E-state index contributed by atoms with van der Waals surface area (Å²) in [5.41, 5.74) is 2.99. The van der Waals surface area contributed by atoms with Crippen molar-refractivity contribution >= 4 is 17.3 Å². The van der Waals surface area contributed by atoms with Crippen molar-refractivity contribution in [1.82, 2.24) is 0 Å². The summed E-state index contributed by atoms with van der Waals surface area (Å²) >= 11 is 0. The van der Waals surface area contributed by atoms with Crippen LogP contribution in [0.2, 0.25) is 0 Å². The van der Waals surface area contributed by atoms with Gasteiger partial charge in [-0.2, -0.15) is 0 Å². The fourth-order valence-corrected chi connectivity index (χ4v) is 2.18. The average Bonchev–Trinajstić information content (AvgIpc) is 2.41. The summed E-state index contributed by atoms with van der Waals surface area (Å²) in [6.07, 6.45) is 0.695. The van der Waals surface area contributed by atoms with E-state index in [1.165, 1.54) is 0 Å². The molecule has 1 amide bonds. The monoisotopic (exact) mass is 238 g/mol. The second-order valence-electron chi connectivity index (χ2n) is 4.42. The van der Waals surface area contributed by atoms with Gasteiger partial charge in [0.2, 0.25) is 5.91 Å². The number of rotatable bonds is 2. The summed E-state index contributed by atoms with van der Waals surface area (Å²) in [7, 11) is 0. The van der Waals surface area contributed by atoms with Crippen molar-refractivity contribution in [3.63, 3.8) is 0 Å². The smallest absolute Gasteiger partial charge is 0.247 e. The molecule has 0 aromatic heterocycles. The van der Waals surface area contributed by atoms with Crippen LogP contribution in [-0.2, 0) is 11.2 Å². The predicted molar refractivity (Wildman–Crippen MR) is 72.6 cm³/mol. The quantitative estimate of drug-likeness (QED) is 0.844. The lowest BCUT2D eigenvalue weighted by molar-refractivity contribution is -0.117. The van der Waals surface area contributed by atoms with Crippen LogP contribution in [0, 0.1) is 0 Å². The van der Waals surface area contributed by atoms with Crippen LogP contribution in [0.3, 0.4) is 0 Å². The lowest BCUT2D eigenvalue weighted by Gasteiger charge is -2.26. The molecule has 3 nitrogen and oxygen atoms in total. The minimum atomic E-state index is -0.206. The Morgan fingerprint density at radius 1 is 0.889 bits per heavy atom. The van der Waals surface area contributed by atoms with Crippen molar-refractivity contribution in [3.05, 3.63) is 60.2 Å². The molecule has 0 unspecified atom stereocenters. The van der Waals surface area contributed by atoms with E-state index in [0.29, 0.717) is 6.42 Å². The number of nitrogens with one attached hydrogen (secondary N) is 2. The molecule has 3 heteroatoms. The summed E-state index contributed by atoms with van der Waals surface area (Å²) in [5.74, 6) is 0.0255. The van der Waals surface area contributed by atoms with Crippen molar-refractivity contribution in [2.45, 2.75) is 12.5 Å². The second-order valence-corrected chi connectivity index (χ2v) is 4.42. The number of hydrogen-bond acceptors (Lipinski definition) is 2. The molecule has 2 aromatic rings. The Bertz CT molecular complexity index is 566. The lowest BCUT2D eigenvalue weighted by atomic mass is 10.0. The molecule has 1 heterocycles. The number of amides is 1. The summed E-state index contributed by atoms with van der Waals surface area (Å²) in [6, 6.07) is 17.6. The van der Waals surface area contributed by atoms with Crippen LogP contribution in [0.25, 0.3) is 0 Å². The maximum Gasteiger partial charge on any atom is 0.247 e. The molecule has 90 valence electrons. The number of carbonyl (C=O) groups is 1. The van der Waals surface area contributed by atoms with Gasteiger partial charge in [0.05, 0.1) is 11.4 Å². The molecule has 0 bridgehead atoms. The number of fused-ring (bicyclic) bond motifs is 1. The first kappa shape index (κ1) is 10.8. The molecule has 0 spiro atoms. The van der Waals surface area contributed by atoms with E-state index in [9.17, 15) is 4.79 Å². The van der Waals surface area contributed by atoms with Crippen molar-refractivity contribution in [2.75, 3.05) is 10.6 Å². The van der Waals surface area contributed by atoms with E-state index in [1.807, 2.05) is 54.6 Å². The molecule has 18 heavy (non-hydrogen) atoms. The minimum absolute atomic E-state index is 0.0255. The Morgan fingerprint density at radius 3 is 2.33 bits per heavy atom. The fourth-order valence-electron chi connectivity index (χ4n) is 2.18. The van der Waals surface area contributed by atoms with Crippen LogP contribution >= 0.6 is 0 Å².